The number of nitrogens with zero attached hydrogens (tertiary/aromatic N) is 2. The Morgan fingerprint density at radius 2 is 2.05 bits per heavy atom. The minimum absolute atomic E-state index is 0.355. The predicted molar refractivity (Wildman–Crippen MR) is 82.5 cm³/mol. The molecule has 0 aliphatic heterocycles. The summed E-state index contributed by atoms with van der Waals surface area (Å²) in [6.07, 6.45) is 1.58. The van der Waals surface area contributed by atoms with Crippen LogP contribution in [0.1, 0.15) is 36.5 Å². The first-order chi connectivity index (χ1) is 9.54. The first-order valence-corrected chi connectivity index (χ1v) is 6.83. The molecule has 2 rings (SSSR count). The minimum Gasteiger partial charge on any atom is -0.339 e. The van der Waals surface area contributed by atoms with E-state index in [2.05, 4.69) is 36.3 Å². The zero-order valence-electron chi connectivity index (χ0n) is 11.7. The monoisotopic (exact) mass is 285 g/mol. The van der Waals surface area contributed by atoms with Crippen molar-refractivity contribution >= 4 is 23.1 Å². The van der Waals surface area contributed by atoms with Gasteiger partial charge in [0.1, 0.15) is 11.1 Å². The summed E-state index contributed by atoms with van der Waals surface area (Å²) in [5.41, 5.74) is 3.75. The second-order valence-corrected chi connectivity index (χ2v) is 5.33. The van der Waals surface area contributed by atoms with Gasteiger partial charge in [0, 0.05) is 11.9 Å². The molecule has 0 radical (unpaired) electrons. The molecule has 0 atom stereocenters. The molecule has 0 saturated heterocycles. The van der Waals surface area contributed by atoms with Gasteiger partial charge in [-0.25, -0.2) is 4.98 Å². The molecule has 20 heavy (non-hydrogen) atoms. The zero-order valence-corrected chi connectivity index (χ0v) is 12.5. The van der Waals surface area contributed by atoms with E-state index in [9.17, 15) is 0 Å². The van der Waals surface area contributed by atoms with Crippen LogP contribution >= 0.6 is 11.6 Å². The topological polar surface area (TPSA) is 48.7 Å². The number of nitrogens with one attached hydrogen (secondary N) is 1. The average Bonchev–Trinajstić information content (AvgIpc) is 2.42. The van der Waals surface area contributed by atoms with Gasteiger partial charge in [-0.05, 0) is 30.0 Å². The van der Waals surface area contributed by atoms with Crippen molar-refractivity contribution in [1.82, 2.24) is 4.98 Å². The van der Waals surface area contributed by atoms with Crippen LogP contribution in [0, 0.1) is 18.3 Å². The van der Waals surface area contributed by atoms with E-state index in [1.54, 1.807) is 12.3 Å². The highest BCUT2D eigenvalue weighted by Gasteiger charge is 2.13. The number of nitriles is 1. The highest BCUT2D eigenvalue weighted by Crippen LogP contribution is 2.32. The molecule has 0 amide bonds. The standard InChI is InChI=1S/C16H16ClN3/c1-10(2)13-6-4-5-11(3)15(13)20-16-14(17)12(9-18)7-8-19-16/h4-8,10H,1-3H3,(H,19,20). The molecule has 1 aromatic heterocycles. The van der Waals surface area contributed by atoms with E-state index >= 15 is 0 Å². The van der Waals surface area contributed by atoms with E-state index in [-0.39, 0.29) is 0 Å². The van der Waals surface area contributed by atoms with E-state index in [1.807, 2.05) is 19.1 Å². The summed E-state index contributed by atoms with van der Waals surface area (Å²) in [5.74, 6) is 0.900. The van der Waals surface area contributed by atoms with Gasteiger partial charge in [-0.1, -0.05) is 43.6 Å². The summed E-state index contributed by atoms with van der Waals surface area (Å²) < 4.78 is 0. The molecule has 3 nitrogen and oxygen atoms in total. The number of para-hydroxylation sites is 1. The van der Waals surface area contributed by atoms with E-state index in [0.717, 1.165) is 11.3 Å². The van der Waals surface area contributed by atoms with Crippen molar-refractivity contribution in [3.8, 4) is 6.07 Å². The molecule has 4 heteroatoms. The van der Waals surface area contributed by atoms with E-state index in [0.29, 0.717) is 22.3 Å². The maximum atomic E-state index is 9.02. The van der Waals surface area contributed by atoms with Crippen LogP contribution in [0.4, 0.5) is 11.5 Å². The van der Waals surface area contributed by atoms with Gasteiger partial charge in [0.05, 0.1) is 5.56 Å². The summed E-state index contributed by atoms with van der Waals surface area (Å²) in [7, 11) is 0. The Morgan fingerprint density at radius 3 is 2.70 bits per heavy atom. The van der Waals surface area contributed by atoms with Crippen LogP contribution in [0.5, 0.6) is 0 Å². The first-order valence-electron chi connectivity index (χ1n) is 6.45. The molecule has 0 fully saturated rings. The van der Waals surface area contributed by atoms with Crippen molar-refractivity contribution in [3.05, 3.63) is 52.2 Å². The largest absolute Gasteiger partial charge is 0.339 e. The Balaban J connectivity index is 2.48. The first kappa shape index (κ1) is 14.4. The molecule has 0 saturated carbocycles. The number of anilines is 2. The molecule has 102 valence electrons. The lowest BCUT2D eigenvalue weighted by Gasteiger charge is -2.17. The highest BCUT2D eigenvalue weighted by molar-refractivity contribution is 6.34. The third-order valence-electron chi connectivity index (χ3n) is 3.18. The summed E-state index contributed by atoms with van der Waals surface area (Å²) in [6.45, 7) is 6.32. The maximum absolute atomic E-state index is 9.02. The van der Waals surface area contributed by atoms with Gasteiger partial charge in [0.15, 0.2) is 5.82 Å². The molecule has 1 N–H and O–H groups in total. The lowest BCUT2D eigenvalue weighted by atomic mass is 9.98. The number of hydrogen-bond acceptors (Lipinski definition) is 3. The molecule has 0 spiro atoms. The minimum atomic E-state index is 0.355. The number of aryl methyl sites for hydroxylation is 1. The Kier molecular flexibility index (Phi) is 4.26. The van der Waals surface area contributed by atoms with Crippen LogP contribution < -0.4 is 5.32 Å². The van der Waals surface area contributed by atoms with Crippen LogP contribution in [0.25, 0.3) is 0 Å². The molecule has 1 heterocycles. The van der Waals surface area contributed by atoms with Crippen molar-refractivity contribution in [2.75, 3.05) is 5.32 Å². The lowest BCUT2D eigenvalue weighted by Crippen LogP contribution is -2.02. The van der Waals surface area contributed by atoms with Gasteiger partial charge < -0.3 is 5.32 Å². The van der Waals surface area contributed by atoms with E-state index in [1.165, 1.54) is 5.56 Å². The van der Waals surface area contributed by atoms with Crippen LogP contribution in [0.3, 0.4) is 0 Å². The number of pyridine rings is 1. The van der Waals surface area contributed by atoms with Gasteiger partial charge in [-0.15, -0.1) is 0 Å². The third-order valence-corrected chi connectivity index (χ3v) is 3.56. The van der Waals surface area contributed by atoms with Crippen molar-refractivity contribution in [1.29, 1.82) is 5.26 Å². The number of halogens is 1. The molecular formula is C16H16ClN3. The number of benzene rings is 1. The van der Waals surface area contributed by atoms with Crippen LogP contribution in [-0.4, -0.2) is 4.98 Å². The molecule has 0 bridgehead atoms. The summed E-state index contributed by atoms with van der Waals surface area (Å²) in [4.78, 5) is 4.23. The lowest BCUT2D eigenvalue weighted by molar-refractivity contribution is 0.867. The fourth-order valence-corrected chi connectivity index (χ4v) is 2.28. The highest BCUT2D eigenvalue weighted by atomic mass is 35.5. The molecule has 0 unspecified atom stereocenters. The van der Waals surface area contributed by atoms with Crippen LogP contribution in [0.2, 0.25) is 5.02 Å². The van der Waals surface area contributed by atoms with Gasteiger partial charge in [0.25, 0.3) is 0 Å². The molecular weight excluding hydrogens is 270 g/mol. The van der Waals surface area contributed by atoms with Crippen molar-refractivity contribution in [2.45, 2.75) is 26.7 Å². The summed E-state index contributed by atoms with van der Waals surface area (Å²) in [5, 5.41) is 12.6. The van der Waals surface area contributed by atoms with E-state index < -0.39 is 0 Å². The van der Waals surface area contributed by atoms with Gasteiger partial charge in [-0.3, -0.25) is 0 Å². The van der Waals surface area contributed by atoms with Crippen molar-refractivity contribution < 1.29 is 0 Å². The van der Waals surface area contributed by atoms with Crippen LogP contribution in [-0.2, 0) is 0 Å². The SMILES string of the molecule is Cc1cccc(C(C)C)c1Nc1nccc(C#N)c1Cl. The molecule has 1 aromatic carbocycles. The fraction of sp³-hybridized carbons (Fsp3) is 0.250. The normalized spacial score (nSPS) is 10.4. The average molecular weight is 286 g/mol. The van der Waals surface area contributed by atoms with Gasteiger partial charge in [0.2, 0.25) is 0 Å². The summed E-state index contributed by atoms with van der Waals surface area (Å²) in [6, 6.07) is 9.83. The summed E-state index contributed by atoms with van der Waals surface area (Å²) >= 11 is 6.20. The third kappa shape index (κ3) is 2.76. The zero-order chi connectivity index (χ0) is 14.7. The quantitative estimate of drug-likeness (QED) is 0.882. The Labute approximate surface area is 124 Å². The molecule has 2 aromatic rings. The van der Waals surface area contributed by atoms with Gasteiger partial charge in [-0.2, -0.15) is 5.26 Å². The number of rotatable bonds is 3. The molecule has 0 aliphatic carbocycles. The van der Waals surface area contributed by atoms with Crippen molar-refractivity contribution in [3.63, 3.8) is 0 Å². The van der Waals surface area contributed by atoms with Gasteiger partial charge >= 0.3 is 0 Å². The Bertz CT molecular complexity index is 672. The number of hydrogen-bond donors (Lipinski definition) is 1. The Hall–Kier alpha value is -2.05. The van der Waals surface area contributed by atoms with Crippen LogP contribution in [0.15, 0.2) is 30.5 Å². The smallest absolute Gasteiger partial charge is 0.150 e. The Morgan fingerprint density at radius 1 is 1.30 bits per heavy atom. The fourth-order valence-electron chi connectivity index (χ4n) is 2.08. The maximum Gasteiger partial charge on any atom is 0.150 e. The predicted octanol–water partition coefficient (Wildman–Crippen LogP) is 4.78. The van der Waals surface area contributed by atoms with E-state index in [4.69, 9.17) is 16.9 Å². The molecule has 0 aliphatic rings. The van der Waals surface area contributed by atoms with Crippen molar-refractivity contribution in [2.24, 2.45) is 0 Å². The second-order valence-electron chi connectivity index (χ2n) is 4.95. The second kappa shape index (κ2) is 5.94. The number of aromatic nitrogens is 1.